The van der Waals surface area contributed by atoms with E-state index in [-0.39, 0.29) is 13.3 Å². The van der Waals surface area contributed by atoms with Gasteiger partial charge < -0.3 is 15.1 Å². The van der Waals surface area contributed by atoms with E-state index >= 15 is 0 Å². The van der Waals surface area contributed by atoms with Crippen molar-refractivity contribution in [2.45, 2.75) is 19.8 Å². The Kier molecular flexibility index (Phi) is 11.5. The van der Waals surface area contributed by atoms with Crippen LogP contribution in [0.4, 0.5) is 5.69 Å². The molecule has 144 valence electrons. The molecule has 0 radical (unpaired) electrons. The van der Waals surface area contributed by atoms with Crippen LogP contribution in [0, 0.1) is 0 Å². The Bertz CT molecular complexity index is 479. The SMILES string of the molecule is CCN(C)CO.OCCCCN1CCN(c2cccc(Cl)c2Cl)CC1. The van der Waals surface area contributed by atoms with Crippen LogP contribution in [0.25, 0.3) is 0 Å². The molecule has 1 aromatic rings. The number of nitrogens with zero attached hydrogens (tertiary/aromatic N) is 3. The number of aliphatic hydroxyl groups is 2. The molecule has 0 spiro atoms. The number of benzene rings is 1. The molecular weight excluding hydrogens is 361 g/mol. The number of hydrogen-bond acceptors (Lipinski definition) is 5. The highest BCUT2D eigenvalue weighted by Crippen LogP contribution is 2.32. The number of anilines is 1. The molecule has 0 saturated carbocycles. The molecule has 0 unspecified atom stereocenters. The summed E-state index contributed by atoms with van der Waals surface area (Å²) < 4.78 is 0. The fourth-order valence-corrected chi connectivity index (χ4v) is 2.91. The molecule has 1 aromatic carbocycles. The second-order valence-corrected chi connectivity index (χ2v) is 6.93. The molecule has 1 fully saturated rings. The summed E-state index contributed by atoms with van der Waals surface area (Å²) in [5.41, 5.74) is 1.03. The predicted octanol–water partition coefficient (Wildman–Crippen LogP) is 2.78. The highest BCUT2D eigenvalue weighted by atomic mass is 35.5. The third kappa shape index (κ3) is 8.11. The maximum atomic E-state index is 8.79. The molecule has 0 bridgehead atoms. The van der Waals surface area contributed by atoms with Crippen LogP contribution >= 0.6 is 23.2 Å². The van der Waals surface area contributed by atoms with E-state index in [2.05, 4.69) is 9.80 Å². The highest BCUT2D eigenvalue weighted by Gasteiger charge is 2.19. The lowest BCUT2D eigenvalue weighted by Gasteiger charge is -2.36. The first kappa shape index (κ1) is 22.5. The van der Waals surface area contributed by atoms with E-state index in [0.717, 1.165) is 57.8 Å². The van der Waals surface area contributed by atoms with Gasteiger partial charge in [0.25, 0.3) is 0 Å². The maximum absolute atomic E-state index is 8.79. The normalized spacial score (nSPS) is 15.2. The Hall–Kier alpha value is -0.560. The van der Waals surface area contributed by atoms with E-state index in [1.54, 1.807) is 4.90 Å². The van der Waals surface area contributed by atoms with Crippen molar-refractivity contribution in [2.24, 2.45) is 0 Å². The van der Waals surface area contributed by atoms with Crippen LogP contribution in [0.5, 0.6) is 0 Å². The molecule has 25 heavy (non-hydrogen) atoms. The van der Waals surface area contributed by atoms with Gasteiger partial charge in [-0.3, -0.25) is 9.80 Å². The third-order valence-corrected chi connectivity index (χ3v) is 5.12. The van der Waals surface area contributed by atoms with Gasteiger partial charge in [0.05, 0.1) is 22.5 Å². The van der Waals surface area contributed by atoms with Crippen LogP contribution in [0.2, 0.25) is 10.0 Å². The summed E-state index contributed by atoms with van der Waals surface area (Å²) in [6.45, 7) is 8.44. The van der Waals surface area contributed by atoms with Crippen LogP contribution in [-0.4, -0.2) is 79.7 Å². The molecule has 1 aliphatic rings. The standard InChI is InChI=1S/C14H20Cl2N2O.C4H11NO/c15-12-4-3-5-13(14(12)16)18-9-7-17(8-10-18)6-1-2-11-19;1-3-5(2)4-6/h3-5,19H,1-2,6-11H2;6H,3-4H2,1-2H3. The first-order valence-electron chi connectivity index (χ1n) is 8.85. The van der Waals surface area contributed by atoms with Gasteiger partial charge in [-0.05, 0) is 45.1 Å². The predicted molar refractivity (Wildman–Crippen MR) is 107 cm³/mol. The lowest BCUT2D eigenvalue weighted by atomic mass is 10.2. The Labute approximate surface area is 161 Å². The van der Waals surface area contributed by atoms with Crippen LogP contribution in [0.1, 0.15) is 19.8 Å². The molecule has 0 amide bonds. The highest BCUT2D eigenvalue weighted by molar-refractivity contribution is 6.43. The van der Waals surface area contributed by atoms with Crippen molar-refractivity contribution in [3.05, 3.63) is 28.2 Å². The van der Waals surface area contributed by atoms with Crippen molar-refractivity contribution in [1.82, 2.24) is 9.80 Å². The van der Waals surface area contributed by atoms with Gasteiger partial charge in [-0.15, -0.1) is 0 Å². The largest absolute Gasteiger partial charge is 0.396 e. The number of rotatable bonds is 7. The lowest BCUT2D eigenvalue weighted by molar-refractivity contribution is 0.138. The Morgan fingerprint density at radius 2 is 1.76 bits per heavy atom. The summed E-state index contributed by atoms with van der Waals surface area (Å²) in [7, 11) is 1.86. The Balaban J connectivity index is 0.000000450. The smallest absolute Gasteiger partial charge is 0.0953 e. The van der Waals surface area contributed by atoms with Crippen LogP contribution in [-0.2, 0) is 0 Å². The molecule has 7 heteroatoms. The van der Waals surface area contributed by atoms with Crippen molar-refractivity contribution in [1.29, 1.82) is 0 Å². The molecule has 1 aliphatic heterocycles. The maximum Gasteiger partial charge on any atom is 0.0953 e. The zero-order valence-electron chi connectivity index (χ0n) is 15.3. The Morgan fingerprint density at radius 1 is 1.08 bits per heavy atom. The van der Waals surface area contributed by atoms with Crippen LogP contribution in [0.15, 0.2) is 18.2 Å². The van der Waals surface area contributed by atoms with Gasteiger partial charge in [0, 0.05) is 32.8 Å². The number of hydrogen-bond donors (Lipinski definition) is 2. The van der Waals surface area contributed by atoms with Gasteiger partial charge in [-0.25, -0.2) is 0 Å². The van der Waals surface area contributed by atoms with Crippen LogP contribution in [0.3, 0.4) is 0 Å². The zero-order valence-corrected chi connectivity index (χ0v) is 16.8. The summed E-state index contributed by atoms with van der Waals surface area (Å²) >= 11 is 12.3. The molecule has 5 nitrogen and oxygen atoms in total. The second-order valence-electron chi connectivity index (χ2n) is 6.15. The summed E-state index contributed by atoms with van der Waals surface area (Å²) in [6.07, 6.45) is 1.95. The number of piperazine rings is 1. The lowest BCUT2D eigenvalue weighted by Crippen LogP contribution is -2.46. The second kappa shape index (κ2) is 12.7. The average molecular weight is 392 g/mol. The fourth-order valence-electron chi connectivity index (χ4n) is 2.50. The average Bonchev–Trinajstić information content (AvgIpc) is 2.65. The molecule has 0 aliphatic carbocycles. The topological polar surface area (TPSA) is 50.2 Å². The Morgan fingerprint density at radius 3 is 2.28 bits per heavy atom. The molecule has 1 saturated heterocycles. The molecular formula is C18H31Cl2N3O2. The molecule has 1 heterocycles. The monoisotopic (exact) mass is 391 g/mol. The van der Waals surface area contributed by atoms with Gasteiger partial charge in [-0.2, -0.15) is 0 Å². The summed E-state index contributed by atoms with van der Waals surface area (Å²) in [5.74, 6) is 0. The van der Waals surface area contributed by atoms with E-state index in [1.807, 2.05) is 32.2 Å². The van der Waals surface area contributed by atoms with Crippen molar-refractivity contribution in [3.8, 4) is 0 Å². The van der Waals surface area contributed by atoms with E-state index in [0.29, 0.717) is 10.0 Å². The van der Waals surface area contributed by atoms with Gasteiger partial charge in [0.1, 0.15) is 0 Å². The van der Waals surface area contributed by atoms with Gasteiger partial charge in [0.2, 0.25) is 0 Å². The minimum atomic E-state index is 0.163. The number of unbranched alkanes of at least 4 members (excludes halogenated alkanes) is 1. The molecule has 2 N–H and O–H groups in total. The van der Waals surface area contributed by atoms with Gasteiger partial charge >= 0.3 is 0 Å². The van der Waals surface area contributed by atoms with Gasteiger partial charge in [0.15, 0.2) is 0 Å². The molecule has 0 aromatic heterocycles. The quantitative estimate of drug-likeness (QED) is 0.552. The first-order chi connectivity index (χ1) is 12.0. The summed E-state index contributed by atoms with van der Waals surface area (Å²) in [6, 6.07) is 5.78. The minimum absolute atomic E-state index is 0.163. The third-order valence-electron chi connectivity index (χ3n) is 4.31. The molecule has 0 atom stereocenters. The fraction of sp³-hybridized carbons (Fsp3) is 0.667. The zero-order chi connectivity index (χ0) is 18.7. The van der Waals surface area contributed by atoms with E-state index in [1.165, 1.54) is 0 Å². The summed E-state index contributed by atoms with van der Waals surface area (Å²) in [4.78, 5) is 6.53. The minimum Gasteiger partial charge on any atom is -0.396 e. The van der Waals surface area contributed by atoms with Crippen molar-refractivity contribution in [2.75, 3.05) is 64.6 Å². The van der Waals surface area contributed by atoms with Gasteiger partial charge in [-0.1, -0.05) is 36.2 Å². The number of halogens is 2. The van der Waals surface area contributed by atoms with Crippen molar-refractivity contribution < 1.29 is 10.2 Å². The van der Waals surface area contributed by atoms with Crippen molar-refractivity contribution >= 4 is 28.9 Å². The van der Waals surface area contributed by atoms with E-state index in [4.69, 9.17) is 33.4 Å². The van der Waals surface area contributed by atoms with Crippen molar-refractivity contribution in [3.63, 3.8) is 0 Å². The molecule has 2 rings (SSSR count). The summed E-state index contributed by atoms with van der Waals surface area (Å²) in [5, 5.41) is 18.3. The van der Waals surface area contributed by atoms with E-state index in [9.17, 15) is 0 Å². The first-order valence-corrected chi connectivity index (χ1v) is 9.60. The van der Waals surface area contributed by atoms with E-state index < -0.39 is 0 Å². The number of aliphatic hydroxyl groups excluding tert-OH is 2. The van der Waals surface area contributed by atoms with Crippen LogP contribution < -0.4 is 4.90 Å².